The predicted octanol–water partition coefficient (Wildman–Crippen LogP) is 5.99. The number of ether oxygens (including phenoxy) is 1. The van der Waals surface area contributed by atoms with Gasteiger partial charge in [0, 0.05) is 6.61 Å². The Morgan fingerprint density at radius 2 is 1.48 bits per heavy atom. The Balaban J connectivity index is 1.61. The average molecular weight is 293 g/mol. The first-order valence-electron chi connectivity index (χ1n) is 9.52. The highest BCUT2D eigenvalue weighted by atomic mass is 16.5. The normalized spacial score (nSPS) is 33.8. The fourth-order valence-corrected chi connectivity index (χ4v) is 4.59. The van der Waals surface area contributed by atoms with Crippen molar-refractivity contribution in [3.63, 3.8) is 0 Å². The smallest absolute Gasteiger partial charge is 0.0644 e. The van der Waals surface area contributed by atoms with Gasteiger partial charge in [0.15, 0.2) is 0 Å². The van der Waals surface area contributed by atoms with Crippen LogP contribution >= 0.6 is 0 Å². The highest BCUT2D eigenvalue weighted by Crippen LogP contribution is 2.42. The molecular formula is C20H36O. The topological polar surface area (TPSA) is 9.23 Å². The van der Waals surface area contributed by atoms with E-state index in [1.165, 1.54) is 70.6 Å². The van der Waals surface area contributed by atoms with Crippen molar-refractivity contribution in [1.29, 1.82) is 0 Å². The van der Waals surface area contributed by atoms with E-state index in [9.17, 15) is 0 Å². The summed E-state index contributed by atoms with van der Waals surface area (Å²) >= 11 is 0. The lowest BCUT2D eigenvalue weighted by Crippen LogP contribution is -2.27. The summed E-state index contributed by atoms with van der Waals surface area (Å²) in [5.74, 6) is 3.97. The molecule has 2 saturated carbocycles. The molecule has 0 N–H and O–H groups in total. The molecule has 1 heteroatoms. The van der Waals surface area contributed by atoms with Gasteiger partial charge in [0.25, 0.3) is 0 Å². The standard InChI is InChI=1S/C20H36O/c1-3-5-6-17-7-11-19(12-8-17)20-13-9-18(10-14-20)16-21-15-4-2/h4,17-20H,2-3,5-16H2,1H3/t17-,18?,19-,20?. The summed E-state index contributed by atoms with van der Waals surface area (Å²) < 4.78 is 5.64. The molecule has 0 radical (unpaired) electrons. The summed E-state index contributed by atoms with van der Waals surface area (Å²) in [5.41, 5.74) is 0. The molecule has 0 unspecified atom stereocenters. The van der Waals surface area contributed by atoms with Crippen molar-refractivity contribution >= 4 is 0 Å². The number of hydrogen-bond donors (Lipinski definition) is 0. The van der Waals surface area contributed by atoms with Gasteiger partial charge in [-0.25, -0.2) is 0 Å². The number of unbranched alkanes of at least 4 members (excludes halogenated alkanes) is 1. The van der Waals surface area contributed by atoms with Crippen LogP contribution in [0.3, 0.4) is 0 Å². The molecule has 2 aliphatic carbocycles. The Bertz CT molecular complexity index is 270. The third kappa shape index (κ3) is 5.77. The zero-order valence-corrected chi connectivity index (χ0v) is 14.2. The highest BCUT2D eigenvalue weighted by molar-refractivity contribution is 4.82. The second-order valence-corrected chi connectivity index (χ2v) is 7.53. The van der Waals surface area contributed by atoms with Gasteiger partial charge < -0.3 is 4.74 Å². The fraction of sp³-hybridized carbons (Fsp3) is 0.900. The van der Waals surface area contributed by atoms with Gasteiger partial charge in [-0.2, -0.15) is 0 Å². The van der Waals surface area contributed by atoms with E-state index < -0.39 is 0 Å². The van der Waals surface area contributed by atoms with Crippen LogP contribution in [0.5, 0.6) is 0 Å². The van der Waals surface area contributed by atoms with E-state index in [1.54, 1.807) is 0 Å². The van der Waals surface area contributed by atoms with E-state index in [0.717, 1.165) is 36.9 Å². The van der Waals surface area contributed by atoms with Crippen LogP contribution in [0.4, 0.5) is 0 Å². The number of hydrogen-bond acceptors (Lipinski definition) is 1. The molecular weight excluding hydrogens is 256 g/mol. The molecule has 0 bridgehead atoms. The molecule has 0 spiro atoms. The van der Waals surface area contributed by atoms with Crippen LogP contribution in [0.1, 0.15) is 77.6 Å². The first-order valence-corrected chi connectivity index (χ1v) is 9.52. The molecule has 0 heterocycles. The molecule has 2 aliphatic rings. The van der Waals surface area contributed by atoms with Gasteiger partial charge in [-0.05, 0) is 62.2 Å². The van der Waals surface area contributed by atoms with Crippen molar-refractivity contribution < 1.29 is 4.74 Å². The minimum Gasteiger partial charge on any atom is -0.377 e. The molecule has 0 aliphatic heterocycles. The van der Waals surface area contributed by atoms with Crippen LogP contribution < -0.4 is 0 Å². The van der Waals surface area contributed by atoms with Crippen LogP contribution in [-0.2, 0) is 4.74 Å². The molecule has 0 atom stereocenters. The van der Waals surface area contributed by atoms with Crippen LogP contribution in [-0.4, -0.2) is 13.2 Å². The average Bonchev–Trinajstić information content (AvgIpc) is 2.54. The highest BCUT2D eigenvalue weighted by Gasteiger charge is 2.30. The maximum absolute atomic E-state index is 5.64. The summed E-state index contributed by atoms with van der Waals surface area (Å²) in [5, 5.41) is 0. The van der Waals surface area contributed by atoms with Gasteiger partial charge in [0.1, 0.15) is 0 Å². The third-order valence-electron chi connectivity index (χ3n) is 6.00. The van der Waals surface area contributed by atoms with Crippen LogP contribution in [0.25, 0.3) is 0 Å². The van der Waals surface area contributed by atoms with E-state index in [0.29, 0.717) is 0 Å². The Labute approximate surface area is 132 Å². The summed E-state index contributed by atoms with van der Waals surface area (Å²) in [6, 6.07) is 0. The second-order valence-electron chi connectivity index (χ2n) is 7.53. The minimum absolute atomic E-state index is 0.724. The van der Waals surface area contributed by atoms with Crippen molar-refractivity contribution in [3.05, 3.63) is 12.7 Å². The van der Waals surface area contributed by atoms with Crippen molar-refractivity contribution in [3.8, 4) is 0 Å². The molecule has 1 nitrogen and oxygen atoms in total. The van der Waals surface area contributed by atoms with Gasteiger partial charge in [-0.3, -0.25) is 0 Å². The van der Waals surface area contributed by atoms with E-state index in [-0.39, 0.29) is 0 Å². The zero-order chi connectivity index (χ0) is 14.9. The maximum Gasteiger partial charge on any atom is 0.0644 e. The van der Waals surface area contributed by atoms with Crippen LogP contribution in [0, 0.1) is 23.7 Å². The maximum atomic E-state index is 5.64. The number of rotatable bonds is 8. The summed E-state index contributed by atoms with van der Waals surface area (Å²) in [6.07, 6.45) is 18.0. The molecule has 2 rings (SSSR count). The quantitative estimate of drug-likeness (QED) is 0.394. The molecule has 122 valence electrons. The Morgan fingerprint density at radius 3 is 2.00 bits per heavy atom. The fourth-order valence-electron chi connectivity index (χ4n) is 4.59. The Morgan fingerprint density at radius 1 is 0.905 bits per heavy atom. The first-order chi connectivity index (χ1) is 10.3. The van der Waals surface area contributed by atoms with Gasteiger partial charge in [-0.15, -0.1) is 6.58 Å². The largest absolute Gasteiger partial charge is 0.377 e. The lowest BCUT2D eigenvalue weighted by atomic mass is 9.69. The molecule has 0 aromatic heterocycles. The SMILES string of the molecule is C=CCOCC1CCC([C@H]2CC[C@H](CCCC)CC2)CC1. The van der Waals surface area contributed by atoms with Crippen molar-refractivity contribution in [1.82, 2.24) is 0 Å². The van der Waals surface area contributed by atoms with E-state index >= 15 is 0 Å². The Kier molecular flexibility index (Phi) is 7.85. The van der Waals surface area contributed by atoms with Crippen molar-refractivity contribution in [2.45, 2.75) is 77.6 Å². The molecule has 0 aromatic rings. The first kappa shape index (κ1) is 17.1. The van der Waals surface area contributed by atoms with Crippen molar-refractivity contribution in [2.24, 2.45) is 23.7 Å². The Hall–Kier alpha value is -0.300. The molecule has 0 amide bonds. The van der Waals surface area contributed by atoms with Gasteiger partial charge >= 0.3 is 0 Å². The molecule has 0 saturated heterocycles. The predicted molar refractivity (Wildman–Crippen MR) is 91.4 cm³/mol. The van der Waals surface area contributed by atoms with Crippen molar-refractivity contribution in [2.75, 3.05) is 13.2 Å². The van der Waals surface area contributed by atoms with E-state index in [4.69, 9.17) is 4.74 Å². The summed E-state index contributed by atoms with van der Waals surface area (Å²) in [7, 11) is 0. The van der Waals surface area contributed by atoms with Crippen LogP contribution in [0.2, 0.25) is 0 Å². The van der Waals surface area contributed by atoms with Gasteiger partial charge in [0.2, 0.25) is 0 Å². The lowest BCUT2D eigenvalue weighted by Gasteiger charge is -2.37. The monoisotopic (exact) mass is 292 g/mol. The minimum atomic E-state index is 0.724. The lowest BCUT2D eigenvalue weighted by molar-refractivity contribution is 0.0780. The molecule has 21 heavy (non-hydrogen) atoms. The van der Waals surface area contributed by atoms with E-state index in [2.05, 4.69) is 13.5 Å². The second kappa shape index (κ2) is 9.66. The zero-order valence-electron chi connectivity index (χ0n) is 14.2. The molecule has 2 fully saturated rings. The van der Waals surface area contributed by atoms with Crippen LogP contribution in [0.15, 0.2) is 12.7 Å². The molecule has 0 aromatic carbocycles. The van der Waals surface area contributed by atoms with Gasteiger partial charge in [0.05, 0.1) is 6.61 Å². The third-order valence-corrected chi connectivity index (χ3v) is 6.00. The summed E-state index contributed by atoms with van der Waals surface area (Å²) in [4.78, 5) is 0. The summed E-state index contributed by atoms with van der Waals surface area (Å²) in [6.45, 7) is 7.72. The van der Waals surface area contributed by atoms with Gasteiger partial charge in [-0.1, -0.05) is 45.1 Å². The van der Waals surface area contributed by atoms with E-state index in [1.807, 2.05) is 6.08 Å².